The molecular formula is C12H23N9. The average molecular weight is 293 g/mol. The molecular weight excluding hydrogens is 270 g/mol. The molecule has 116 valence electrons. The normalized spacial score (nSPS) is 10.9. The minimum atomic E-state index is -0.587. The van der Waals surface area contributed by atoms with E-state index in [1.54, 1.807) is 0 Å². The van der Waals surface area contributed by atoms with E-state index in [0.717, 1.165) is 32.1 Å². The van der Waals surface area contributed by atoms with Gasteiger partial charge in [0, 0.05) is 21.3 Å². The van der Waals surface area contributed by atoms with Crippen LogP contribution in [0, 0.1) is 0 Å². The number of hydrogen-bond acceptors (Lipinski definition) is 3. The second-order valence-electron chi connectivity index (χ2n) is 4.82. The Morgan fingerprint density at radius 2 is 1.10 bits per heavy atom. The van der Waals surface area contributed by atoms with Gasteiger partial charge >= 0.3 is 0 Å². The van der Waals surface area contributed by atoms with Crippen LogP contribution in [-0.2, 0) is 0 Å². The van der Waals surface area contributed by atoms with E-state index < -0.39 is 6.17 Å². The summed E-state index contributed by atoms with van der Waals surface area (Å²) in [5.41, 5.74) is 24.7. The lowest BCUT2D eigenvalue weighted by Gasteiger charge is -2.04. The van der Waals surface area contributed by atoms with Crippen LogP contribution in [-0.4, -0.2) is 12.7 Å². The first-order chi connectivity index (χ1) is 10.3. The summed E-state index contributed by atoms with van der Waals surface area (Å²) < 4.78 is 0. The van der Waals surface area contributed by atoms with Gasteiger partial charge in [0.25, 0.3) is 0 Å². The number of nitrogens with zero attached hydrogens (tertiary/aromatic N) is 9. The maximum absolute atomic E-state index is 8.31. The summed E-state index contributed by atoms with van der Waals surface area (Å²) in [6.45, 7) is 0.605. The Kier molecular flexibility index (Phi) is 14.4. The summed E-state index contributed by atoms with van der Waals surface area (Å²) in [5.74, 6) is 0. The molecule has 9 heteroatoms. The quantitative estimate of drug-likeness (QED) is 0.156. The highest BCUT2D eigenvalue weighted by molar-refractivity contribution is 4.65. The largest absolute Gasteiger partial charge is 0.116 e. The van der Waals surface area contributed by atoms with Crippen molar-refractivity contribution in [3.63, 3.8) is 0 Å². The van der Waals surface area contributed by atoms with Crippen LogP contribution in [0.25, 0.3) is 31.3 Å². The molecule has 0 bridgehead atoms. The van der Waals surface area contributed by atoms with Crippen molar-refractivity contribution in [2.45, 2.75) is 70.4 Å². The second kappa shape index (κ2) is 16.0. The van der Waals surface area contributed by atoms with E-state index >= 15 is 0 Å². The van der Waals surface area contributed by atoms with Crippen LogP contribution in [0.3, 0.4) is 0 Å². The van der Waals surface area contributed by atoms with Crippen molar-refractivity contribution in [3.05, 3.63) is 31.3 Å². The molecule has 0 aliphatic carbocycles. The Bertz CT molecular complexity index is 372. The highest BCUT2D eigenvalue weighted by Gasteiger charge is 2.02. The third kappa shape index (κ3) is 14.2. The Morgan fingerprint density at radius 1 is 0.619 bits per heavy atom. The van der Waals surface area contributed by atoms with Crippen LogP contribution in [0.1, 0.15) is 64.2 Å². The fourth-order valence-corrected chi connectivity index (χ4v) is 2.05. The van der Waals surface area contributed by atoms with Gasteiger partial charge in [-0.2, -0.15) is 0 Å². The highest BCUT2D eigenvalue weighted by atomic mass is 15.3. The van der Waals surface area contributed by atoms with E-state index in [-0.39, 0.29) is 0 Å². The van der Waals surface area contributed by atoms with Gasteiger partial charge in [-0.15, -0.1) is 0 Å². The first-order valence-electron chi connectivity index (χ1n) is 7.44. The van der Waals surface area contributed by atoms with Crippen molar-refractivity contribution < 1.29 is 0 Å². The number of azide groups is 2. The van der Waals surface area contributed by atoms with Crippen LogP contribution in [0.5, 0.6) is 0 Å². The number of rotatable bonds is 14. The van der Waals surface area contributed by atoms with Gasteiger partial charge in [-0.1, -0.05) is 66.7 Å². The molecule has 0 atom stereocenters. The molecule has 0 heterocycles. The summed E-state index contributed by atoms with van der Waals surface area (Å²) in [5, 5.41) is 10.4. The van der Waals surface area contributed by atoms with E-state index in [4.69, 9.17) is 16.6 Å². The van der Waals surface area contributed by atoms with E-state index in [1.807, 2.05) is 0 Å². The van der Waals surface area contributed by atoms with Gasteiger partial charge in [0.2, 0.25) is 0 Å². The van der Waals surface area contributed by atoms with Gasteiger partial charge in [0.1, 0.15) is 6.17 Å². The van der Waals surface area contributed by atoms with Gasteiger partial charge in [-0.05, 0) is 29.4 Å². The van der Waals surface area contributed by atoms with Crippen molar-refractivity contribution in [2.75, 3.05) is 6.54 Å². The van der Waals surface area contributed by atoms with Gasteiger partial charge < -0.3 is 0 Å². The molecule has 0 aliphatic heterocycles. The minimum absolute atomic E-state index is 0.587. The zero-order valence-electron chi connectivity index (χ0n) is 12.4. The van der Waals surface area contributed by atoms with Crippen molar-refractivity contribution in [1.82, 2.24) is 0 Å². The SMILES string of the molecule is [N-]=[N+]=NCCCCCCCCCCCC(N=[N+]=[N-])N=[N+]=[N-]. The molecule has 0 rings (SSSR count). The molecule has 0 spiro atoms. The first kappa shape index (κ1) is 18.9. The van der Waals surface area contributed by atoms with Gasteiger partial charge in [0.05, 0.1) is 0 Å². The Labute approximate surface area is 124 Å². The fraction of sp³-hybridized carbons (Fsp3) is 1.00. The molecule has 0 amide bonds. The molecule has 0 saturated heterocycles. The van der Waals surface area contributed by atoms with Crippen LogP contribution in [0.2, 0.25) is 0 Å². The van der Waals surface area contributed by atoms with Gasteiger partial charge in [-0.3, -0.25) is 0 Å². The molecule has 0 N–H and O–H groups in total. The summed E-state index contributed by atoms with van der Waals surface area (Å²) in [6, 6.07) is 0. The maximum Gasteiger partial charge on any atom is 0.116 e. The van der Waals surface area contributed by atoms with E-state index in [9.17, 15) is 0 Å². The molecule has 0 radical (unpaired) electrons. The lowest BCUT2D eigenvalue weighted by atomic mass is 10.1. The summed E-state index contributed by atoms with van der Waals surface area (Å²) in [7, 11) is 0. The molecule has 0 fully saturated rings. The van der Waals surface area contributed by atoms with Crippen LogP contribution in [0.4, 0.5) is 0 Å². The predicted octanol–water partition coefficient (Wildman–Crippen LogP) is 6.14. The molecule has 0 aliphatic rings. The lowest BCUT2D eigenvalue weighted by Crippen LogP contribution is -1.97. The highest BCUT2D eigenvalue weighted by Crippen LogP contribution is 2.13. The average Bonchev–Trinajstić information content (AvgIpc) is 2.48. The predicted molar refractivity (Wildman–Crippen MR) is 82.3 cm³/mol. The summed E-state index contributed by atoms with van der Waals surface area (Å²) in [4.78, 5) is 8.05. The smallest absolute Gasteiger partial charge is 0.0940 e. The van der Waals surface area contributed by atoms with E-state index in [2.05, 4.69) is 30.1 Å². The van der Waals surface area contributed by atoms with Gasteiger partial charge in [0.15, 0.2) is 0 Å². The Morgan fingerprint density at radius 3 is 1.57 bits per heavy atom. The zero-order chi connectivity index (χ0) is 15.6. The molecule has 21 heavy (non-hydrogen) atoms. The summed E-state index contributed by atoms with van der Waals surface area (Å²) >= 11 is 0. The minimum Gasteiger partial charge on any atom is -0.0940 e. The van der Waals surface area contributed by atoms with Crippen LogP contribution in [0.15, 0.2) is 15.3 Å². The van der Waals surface area contributed by atoms with Gasteiger partial charge in [-0.25, -0.2) is 0 Å². The zero-order valence-corrected chi connectivity index (χ0v) is 12.4. The number of unbranched alkanes of at least 4 members (excludes halogenated alkanes) is 8. The Hall–Kier alpha value is -2.07. The Balaban J connectivity index is 3.33. The fourth-order valence-electron chi connectivity index (χ4n) is 2.05. The second-order valence-corrected chi connectivity index (χ2v) is 4.82. The molecule has 9 nitrogen and oxygen atoms in total. The van der Waals surface area contributed by atoms with E-state index in [0.29, 0.717) is 13.0 Å². The standard InChI is InChI=1S/C12H23N9/c13-19-16-11-9-7-5-3-1-2-4-6-8-10-12(17-20-14)18-21-15/h12H,1-11H2. The summed E-state index contributed by atoms with van der Waals surface area (Å²) in [6.07, 6.45) is 10.1. The molecule has 0 aromatic heterocycles. The monoisotopic (exact) mass is 293 g/mol. The van der Waals surface area contributed by atoms with Crippen LogP contribution >= 0.6 is 0 Å². The van der Waals surface area contributed by atoms with Crippen molar-refractivity contribution in [2.24, 2.45) is 15.3 Å². The molecule has 0 unspecified atom stereocenters. The van der Waals surface area contributed by atoms with Crippen molar-refractivity contribution >= 4 is 0 Å². The van der Waals surface area contributed by atoms with E-state index in [1.165, 1.54) is 25.7 Å². The molecule has 0 aromatic rings. The third-order valence-corrected chi connectivity index (χ3v) is 3.15. The topological polar surface area (TPSA) is 146 Å². The maximum atomic E-state index is 8.31. The molecule has 0 aromatic carbocycles. The van der Waals surface area contributed by atoms with Crippen molar-refractivity contribution in [3.8, 4) is 0 Å². The van der Waals surface area contributed by atoms with Crippen LogP contribution < -0.4 is 0 Å². The lowest BCUT2D eigenvalue weighted by molar-refractivity contribution is 0.527. The first-order valence-corrected chi connectivity index (χ1v) is 7.44. The molecule has 0 saturated carbocycles. The van der Waals surface area contributed by atoms with Crippen molar-refractivity contribution in [1.29, 1.82) is 0 Å². The number of hydrogen-bond donors (Lipinski definition) is 0. The third-order valence-electron chi connectivity index (χ3n) is 3.15.